The molecule has 0 aromatic heterocycles. The number of nitrogens with two attached hydrogens (primary N) is 3. The van der Waals surface area contributed by atoms with E-state index in [0.29, 0.717) is 12.8 Å². The predicted octanol–water partition coefficient (Wildman–Crippen LogP) is -6.45. The number of guanidine groups is 1. The normalized spacial score (nSPS) is 16.7. The number of aliphatic carboxylic acids is 1. The molecule has 0 spiro atoms. The molecule has 11 amide bonds. The van der Waals surface area contributed by atoms with Gasteiger partial charge in [0.05, 0.1) is 38.4 Å². The second-order valence-electron chi connectivity index (χ2n) is 20.9. The maximum atomic E-state index is 13.9. The molecule has 80 heavy (non-hydrogen) atoms. The van der Waals surface area contributed by atoms with E-state index in [1.165, 1.54) is 11.8 Å². The minimum Gasteiger partial charge on any atom is -0.480 e. The topological polar surface area (TPSA) is 479 Å². The molecule has 1 aliphatic heterocycles. The number of likely N-dealkylation sites (tertiary alicyclic amines) is 1. The Kier molecular flexibility index (Phi) is 30.9. The van der Waals surface area contributed by atoms with Crippen LogP contribution in [-0.2, 0) is 57.5 Å². The highest BCUT2D eigenvalue weighted by Crippen LogP contribution is 2.24. The summed E-state index contributed by atoms with van der Waals surface area (Å²) in [5, 5.41) is 53.5. The number of nitrogens with one attached hydrogen (secondary N) is 10. The molecule has 1 fully saturated rings. The predicted molar refractivity (Wildman–Crippen MR) is 298 cm³/mol. The summed E-state index contributed by atoms with van der Waals surface area (Å²) in [4.78, 5) is 162. The molecule has 0 radical (unpaired) electrons. The number of aliphatic imine (C=N–C) groups is 1. The van der Waals surface area contributed by atoms with Gasteiger partial charge >= 0.3 is 5.97 Å². The summed E-state index contributed by atoms with van der Waals surface area (Å²) in [5.41, 5.74) is 17.0. The molecule has 0 saturated carbocycles. The Labute approximate surface area is 476 Å². The molecule has 1 saturated heterocycles. The first-order valence-corrected chi connectivity index (χ1v) is 27.1. The van der Waals surface area contributed by atoms with Crippen LogP contribution in [0.5, 0.6) is 0 Å². The Morgan fingerprint density at radius 3 is 1.64 bits per heavy atom. The van der Waals surface area contributed by atoms with Crippen LogP contribution >= 0.6 is 25.3 Å². The molecule has 19 N–H and O–H groups in total. The van der Waals surface area contributed by atoms with Gasteiger partial charge in [0.15, 0.2) is 5.96 Å². The molecule has 1 heterocycles. The van der Waals surface area contributed by atoms with Crippen LogP contribution in [-0.4, -0.2) is 207 Å². The third-order valence-corrected chi connectivity index (χ3v) is 12.9. The lowest BCUT2D eigenvalue weighted by atomic mass is 9.98. The molecule has 0 aromatic rings. The van der Waals surface area contributed by atoms with Crippen molar-refractivity contribution in [2.75, 3.05) is 45.1 Å². The smallest absolute Gasteiger partial charge is 0.327 e. The summed E-state index contributed by atoms with van der Waals surface area (Å²) in [6, 6.07) is -11.9. The average Bonchev–Trinajstić information content (AvgIpc) is 3.87. The number of nitrogens with zero attached hydrogens (tertiary/aromatic N) is 2. The monoisotopic (exact) mass is 1180 g/mol. The number of rotatable bonds is 34. The van der Waals surface area contributed by atoms with Gasteiger partial charge in [-0.1, -0.05) is 41.5 Å². The molecule has 1 aliphatic rings. The van der Waals surface area contributed by atoms with E-state index in [2.05, 4.69) is 83.4 Å². The first-order valence-electron chi connectivity index (χ1n) is 26.1. The van der Waals surface area contributed by atoms with Gasteiger partial charge in [-0.25, -0.2) is 4.79 Å². The van der Waals surface area contributed by atoms with Crippen LogP contribution in [0, 0.1) is 17.8 Å². The van der Waals surface area contributed by atoms with Crippen LogP contribution in [0.15, 0.2) is 4.99 Å². The van der Waals surface area contributed by atoms with Crippen molar-refractivity contribution >= 4 is 102 Å². The van der Waals surface area contributed by atoms with Crippen molar-refractivity contribution in [1.29, 1.82) is 0 Å². The molecule has 0 bridgehead atoms. The fraction of sp³-hybridized carbons (Fsp3) is 0.729. The van der Waals surface area contributed by atoms with E-state index in [9.17, 15) is 67.7 Å². The van der Waals surface area contributed by atoms with Crippen LogP contribution < -0.4 is 70.4 Å². The Bertz CT molecular complexity index is 2210. The number of carboxylic acids is 1. The van der Waals surface area contributed by atoms with E-state index in [4.69, 9.17) is 22.3 Å². The Hall–Kier alpha value is -6.51. The fourth-order valence-electron chi connectivity index (χ4n) is 7.69. The summed E-state index contributed by atoms with van der Waals surface area (Å²) in [5.74, 6) is -12.6. The summed E-state index contributed by atoms with van der Waals surface area (Å²) < 4.78 is -0.893. The van der Waals surface area contributed by atoms with E-state index in [0.717, 1.165) is 0 Å². The number of amides is 11. The van der Waals surface area contributed by atoms with Crippen LogP contribution in [0.4, 0.5) is 0 Å². The standard InChI is InChI=1S/C48H85N15O15S2/c1-22(2)16-27(39(70)60-35(24(5)6)44(75)62-36(25(7)65)42(73)55-19-33(68)57-29(21-79)46(77)78)59-43(74)34(23(3)4)61-40(71)28(20-64)56-32(67)18-53-31(66)17-54-38(69)26(12-10-14-52-47(50)51)58-41(72)30-13-11-15-63(30)45(76)37(49)48(8,9)80/h22-30,34-37,64-65,79-80H,10-21,49H2,1-9H3,(H,53,66)(H,54,69)(H,55,73)(H,56,67)(H,57,68)(H,58,72)(H,59,74)(H,60,70)(H,61,71)(H,62,75)(H,77,78)(H4,50,51,52)/t25-,26+,27+,28+,29+,30+,34+,35+,36+,37-/m1/s1. The number of carbonyl (C=O) groups excluding carboxylic acids is 11. The maximum absolute atomic E-state index is 13.9. The van der Waals surface area contributed by atoms with Gasteiger partial charge in [-0.05, 0) is 70.6 Å². The molecular weight excluding hydrogens is 1090 g/mol. The lowest BCUT2D eigenvalue weighted by Gasteiger charge is -2.32. The zero-order chi connectivity index (χ0) is 61.4. The highest BCUT2D eigenvalue weighted by Gasteiger charge is 2.41. The highest BCUT2D eigenvalue weighted by atomic mass is 32.1. The number of thiol groups is 2. The molecular formula is C48H85N15O15S2. The SMILES string of the molecule is CC(C)C[C@H](NC(=O)[C@@H](NC(=O)[C@H](CO)NC(=O)CNC(=O)CNC(=O)[C@H](CCCN=C(N)N)NC(=O)[C@@H]1CCCN1C(=O)[C@@H](N)C(C)(C)S)C(C)C)C(=O)N[C@H](C(=O)N[C@H](C(=O)NCC(=O)N[C@@H](CS)C(=O)O)[C@@H](C)O)C(C)C. The number of aliphatic hydroxyl groups is 2. The Morgan fingerprint density at radius 2 is 1.15 bits per heavy atom. The van der Waals surface area contributed by atoms with Crippen molar-refractivity contribution in [3.05, 3.63) is 0 Å². The number of hydrogen-bond donors (Lipinski definition) is 18. The quantitative estimate of drug-likeness (QED) is 0.0123. The molecule has 0 aromatic carbocycles. The first kappa shape index (κ1) is 71.5. The van der Waals surface area contributed by atoms with E-state index in [-0.39, 0.29) is 50.0 Å². The zero-order valence-electron chi connectivity index (χ0n) is 46.8. The summed E-state index contributed by atoms with van der Waals surface area (Å²) in [7, 11) is 0. The van der Waals surface area contributed by atoms with Crippen molar-refractivity contribution in [3.63, 3.8) is 0 Å². The zero-order valence-corrected chi connectivity index (χ0v) is 48.5. The second kappa shape index (κ2) is 34.6. The van der Waals surface area contributed by atoms with Gasteiger partial charge in [-0.15, -0.1) is 0 Å². The van der Waals surface area contributed by atoms with Gasteiger partial charge < -0.3 is 90.6 Å². The number of hydrogen-bond acceptors (Lipinski definition) is 18. The van der Waals surface area contributed by atoms with E-state index < -0.39 is 174 Å². The third kappa shape index (κ3) is 24.9. The minimum atomic E-state index is -1.66. The van der Waals surface area contributed by atoms with Crippen molar-refractivity contribution in [1.82, 2.24) is 58.1 Å². The van der Waals surface area contributed by atoms with Crippen molar-refractivity contribution in [2.24, 2.45) is 39.9 Å². The highest BCUT2D eigenvalue weighted by molar-refractivity contribution is 7.81. The van der Waals surface area contributed by atoms with Crippen LogP contribution in [0.2, 0.25) is 0 Å². The summed E-state index contributed by atoms with van der Waals surface area (Å²) >= 11 is 8.25. The van der Waals surface area contributed by atoms with Gasteiger partial charge in [0, 0.05) is 23.6 Å². The molecule has 10 atom stereocenters. The van der Waals surface area contributed by atoms with Crippen molar-refractivity contribution < 1.29 is 72.9 Å². The largest absolute Gasteiger partial charge is 0.480 e. The number of carbonyl (C=O) groups is 12. The van der Waals surface area contributed by atoms with Gasteiger partial charge in [-0.2, -0.15) is 25.3 Å². The second-order valence-corrected chi connectivity index (χ2v) is 22.4. The van der Waals surface area contributed by atoms with Gasteiger partial charge in [0.2, 0.25) is 65.0 Å². The Balaban J connectivity index is 3.02. The van der Waals surface area contributed by atoms with Crippen molar-refractivity contribution in [2.45, 2.75) is 160 Å². The first-order chi connectivity index (χ1) is 37.2. The lowest BCUT2D eigenvalue weighted by Crippen LogP contribution is -2.62. The molecule has 32 heteroatoms. The average molecular weight is 1180 g/mol. The van der Waals surface area contributed by atoms with E-state index in [1.807, 2.05) is 0 Å². The minimum absolute atomic E-state index is 0.0156. The summed E-state index contributed by atoms with van der Waals surface area (Å²) in [6.07, 6.45) is -0.459. The molecule has 0 unspecified atom stereocenters. The molecule has 0 aliphatic carbocycles. The van der Waals surface area contributed by atoms with Gasteiger partial charge in [-0.3, -0.25) is 57.7 Å². The molecule has 454 valence electrons. The summed E-state index contributed by atoms with van der Waals surface area (Å²) in [6.45, 7) is 11.5. The van der Waals surface area contributed by atoms with E-state index >= 15 is 0 Å². The van der Waals surface area contributed by atoms with Crippen LogP contribution in [0.1, 0.15) is 94.4 Å². The van der Waals surface area contributed by atoms with Gasteiger partial charge in [0.1, 0.15) is 48.3 Å². The van der Waals surface area contributed by atoms with Crippen LogP contribution in [0.25, 0.3) is 0 Å². The van der Waals surface area contributed by atoms with Gasteiger partial charge in [0.25, 0.3) is 0 Å². The molecule has 1 rings (SSSR count). The maximum Gasteiger partial charge on any atom is 0.327 e. The molecule has 30 nitrogen and oxygen atoms in total. The number of aliphatic hydroxyl groups excluding tert-OH is 2. The van der Waals surface area contributed by atoms with E-state index in [1.54, 1.807) is 55.4 Å². The Morgan fingerprint density at radius 1 is 0.650 bits per heavy atom. The van der Waals surface area contributed by atoms with Crippen LogP contribution in [0.3, 0.4) is 0 Å². The fourth-order valence-corrected chi connectivity index (χ4v) is 8.05. The lowest BCUT2D eigenvalue weighted by molar-refractivity contribution is -0.141. The third-order valence-electron chi connectivity index (χ3n) is 12.3. The number of carboxylic acid groups (broad SMARTS) is 1. The van der Waals surface area contributed by atoms with Crippen molar-refractivity contribution in [3.8, 4) is 0 Å².